The van der Waals surface area contributed by atoms with Crippen molar-refractivity contribution in [3.63, 3.8) is 0 Å². The molecule has 0 saturated carbocycles. The molecule has 18 heavy (non-hydrogen) atoms. The van der Waals surface area contributed by atoms with E-state index in [-0.39, 0.29) is 0 Å². The molecule has 2 N–H and O–H groups in total. The fourth-order valence-corrected chi connectivity index (χ4v) is 2.02. The number of hydrogen-bond donors (Lipinski definition) is 2. The number of nitrogens with one attached hydrogen (secondary N) is 2. The van der Waals surface area contributed by atoms with Gasteiger partial charge in [0.25, 0.3) is 0 Å². The number of rotatable bonds is 6. The van der Waals surface area contributed by atoms with Crippen LogP contribution in [-0.2, 0) is 13.0 Å². The normalized spacial score (nSPS) is 12.6. The second-order valence-electron chi connectivity index (χ2n) is 4.63. The van der Waals surface area contributed by atoms with Crippen LogP contribution in [-0.4, -0.2) is 9.97 Å². The lowest BCUT2D eigenvalue weighted by Gasteiger charge is -2.13. The van der Waals surface area contributed by atoms with E-state index < -0.39 is 0 Å². The van der Waals surface area contributed by atoms with Gasteiger partial charge in [-0.1, -0.05) is 37.6 Å². The van der Waals surface area contributed by atoms with Crippen LogP contribution in [0.25, 0.3) is 0 Å². The van der Waals surface area contributed by atoms with Gasteiger partial charge in [-0.15, -0.1) is 0 Å². The van der Waals surface area contributed by atoms with Crippen molar-refractivity contribution in [3.8, 4) is 0 Å². The van der Waals surface area contributed by atoms with Crippen LogP contribution >= 0.6 is 0 Å². The van der Waals surface area contributed by atoms with Gasteiger partial charge in [0.05, 0.1) is 6.54 Å². The zero-order chi connectivity index (χ0) is 12.8. The highest BCUT2D eigenvalue weighted by Crippen LogP contribution is 2.14. The Bertz CT molecular complexity index is 445. The molecule has 96 valence electrons. The minimum Gasteiger partial charge on any atom is -0.348 e. The molecule has 1 aromatic carbocycles. The molecule has 2 rings (SSSR count). The number of aromatic amines is 1. The lowest BCUT2D eigenvalue weighted by atomic mass is 10.0. The lowest BCUT2D eigenvalue weighted by Crippen LogP contribution is -2.18. The van der Waals surface area contributed by atoms with Crippen molar-refractivity contribution in [2.24, 2.45) is 0 Å². The Morgan fingerprint density at radius 1 is 1.28 bits per heavy atom. The molecular weight excluding hydrogens is 222 g/mol. The average Bonchev–Trinajstić information content (AvgIpc) is 2.90. The van der Waals surface area contributed by atoms with E-state index in [0.29, 0.717) is 6.04 Å². The van der Waals surface area contributed by atoms with Crippen LogP contribution in [0, 0.1) is 0 Å². The molecular formula is C15H21N3. The molecule has 3 heteroatoms. The maximum atomic E-state index is 4.20. The lowest BCUT2D eigenvalue weighted by molar-refractivity contribution is 0.562. The second-order valence-corrected chi connectivity index (χ2v) is 4.63. The number of benzene rings is 1. The van der Waals surface area contributed by atoms with E-state index in [1.807, 2.05) is 6.20 Å². The summed E-state index contributed by atoms with van der Waals surface area (Å²) in [4.78, 5) is 7.30. The SMILES string of the molecule is CCCc1ccc(C(C)NCc2ncc[nH]2)cc1. The van der Waals surface area contributed by atoms with Crippen molar-refractivity contribution < 1.29 is 0 Å². The van der Waals surface area contributed by atoms with Crippen LogP contribution in [0.5, 0.6) is 0 Å². The molecule has 0 amide bonds. The first-order chi connectivity index (χ1) is 8.79. The zero-order valence-corrected chi connectivity index (χ0v) is 11.1. The van der Waals surface area contributed by atoms with Gasteiger partial charge in [-0.2, -0.15) is 0 Å². The first-order valence-corrected chi connectivity index (χ1v) is 6.60. The summed E-state index contributed by atoms with van der Waals surface area (Å²) in [5, 5.41) is 3.46. The third kappa shape index (κ3) is 3.44. The quantitative estimate of drug-likeness (QED) is 0.818. The monoisotopic (exact) mass is 243 g/mol. The van der Waals surface area contributed by atoms with Gasteiger partial charge in [0, 0.05) is 18.4 Å². The minimum absolute atomic E-state index is 0.339. The zero-order valence-electron chi connectivity index (χ0n) is 11.1. The van der Waals surface area contributed by atoms with E-state index in [4.69, 9.17) is 0 Å². The molecule has 3 nitrogen and oxygen atoms in total. The summed E-state index contributed by atoms with van der Waals surface area (Å²) in [6.45, 7) is 5.16. The molecule has 0 aliphatic rings. The van der Waals surface area contributed by atoms with E-state index in [9.17, 15) is 0 Å². The Labute approximate surface area is 109 Å². The Kier molecular flexibility index (Phi) is 4.53. The minimum atomic E-state index is 0.339. The van der Waals surface area contributed by atoms with E-state index in [1.165, 1.54) is 17.5 Å². The summed E-state index contributed by atoms with van der Waals surface area (Å²) in [6.07, 6.45) is 5.99. The largest absolute Gasteiger partial charge is 0.348 e. The number of imidazole rings is 1. The van der Waals surface area contributed by atoms with Crippen molar-refractivity contribution in [2.45, 2.75) is 39.3 Å². The second kappa shape index (κ2) is 6.36. The Morgan fingerprint density at radius 3 is 2.67 bits per heavy atom. The number of nitrogens with zero attached hydrogens (tertiary/aromatic N) is 1. The highest BCUT2D eigenvalue weighted by atomic mass is 15.0. The van der Waals surface area contributed by atoms with Crippen LogP contribution in [0.3, 0.4) is 0 Å². The number of aromatic nitrogens is 2. The molecule has 0 aliphatic heterocycles. The number of aryl methyl sites for hydroxylation is 1. The summed E-state index contributed by atoms with van der Waals surface area (Å²) in [5.74, 6) is 0.976. The summed E-state index contributed by atoms with van der Waals surface area (Å²) in [6, 6.07) is 9.22. The Morgan fingerprint density at radius 2 is 2.06 bits per heavy atom. The van der Waals surface area contributed by atoms with Crippen LogP contribution < -0.4 is 5.32 Å². The van der Waals surface area contributed by atoms with Crippen LogP contribution in [0.2, 0.25) is 0 Å². The van der Waals surface area contributed by atoms with Gasteiger partial charge in [-0.05, 0) is 24.5 Å². The van der Waals surface area contributed by atoms with Gasteiger partial charge >= 0.3 is 0 Å². The highest BCUT2D eigenvalue weighted by molar-refractivity contribution is 5.24. The van der Waals surface area contributed by atoms with Crippen molar-refractivity contribution >= 4 is 0 Å². The van der Waals surface area contributed by atoms with Crippen LogP contribution in [0.4, 0.5) is 0 Å². The van der Waals surface area contributed by atoms with Gasteiger partial charge in [-0.3, -0.25) is 0 Å². The molecule has 0 aliphatic carbocycles. The highest BCUT2D eigenvalue weighted by Gasteiger charge is 2.05. The summed E-state index contributed by atoms with van der Waals surface area (Å²) >= 11 is 0. The standard InChI is InChI=1S/C15H21N3/c1-3-4-13-5-7-14(8-6-13)12(2)18-11-15-16-9-10-17-15/h5-10,12,18H,3-4,11H2,1-2H3,(H,16,17). The van der Waals surface area contributed by atoms with E-state index in [1.54, 1.807) is 6.20 Å². The topological polar surface area (TPSA) is 40.7 Å². The van der Waals surface area contributed by atoms with Gasteiger partial charge in [0.15, 0.2) is 0 Å². The first-order valence-electron chi connectivity index (χ1n) is 6.60. The predicted octanol–water partition coefficient (Wildman–Crippen LogP) is 3.21. The fraction of sp³-hybridized carbons (Fsp3) is 0.400. The molecule has 0 bridgehead atoms. The van der Waals surface area contributed by atoms with E-state index in [0.717, 1.165) is 18.8 Å². The first kappa shape index (κ1) is 12.8. The van der Waals surface area contributed by atoms with Crippen molar-refractivity contribution in [1.29, 1.82) is 0 Å². The van der Waals surface area contributed by atoms with Crippen LogP contribution in [0.1, 0.15) is 43.3 Å². The fourth-order valence-electron chi connectivity index (χ4n) is 2.02. The maximum absolute atomic E-state index is 4.20. The molecule has 1 aromatic heterocycles. The molecule has 0 spiro atoms. The molecule has 0 fully saturated rings. The molecule has 1 heterocycles. The third-order valence-electron chi connectivity index (χ3n) is 3.15. The average molecular weight is 243 g/mol. The van der Waals surface area contributed by atoms with Crippen molar-refractivity contribution in [3.05, 3.63) is 53.6 Å². The molecule has 1 atom stereocenters. The van der Waals surface area contributed by atoms with Crippen molar-refractivity contribution in [2.75, 3.05) is 0 Å². The Hall–Kier alpha value is -1.61. The molecule has 2 aromatic rings. The molecule has 0 saturated heterocycles. The Balaban J connectivity index is 1.89. The molecule has 0 radical (unpaired) electrons. The van der Waals surface area contributed by atoms with Crippen molar-refractivity contribution in [1.82, 2.24) is 15.3 Å². The summed E-state index contributed by atoms with van der Waals surface area (Å²) < 4.78 is 0. The van der Waals surface area contributed by atoms with Gasteiger partial charge in [-0.25, -0.2) is 4.98 Å². The van der Waals surface area contributed by atoms with Gasteiger partial charge in [0.1, 0.15) is 5.82 Å². The molecule has 1 unspecified atom stereocenters. The van der Waals surface area contributed by atoms with Crippen LogP contribution in [0.15, 0.2) is 36.7 Å². The number of H-pyrrole nitrogens is 1. The third-order valence-corrected chi connectivity index (χ3v) is 3.15. The number of hydrogen-bond acceptors (Lipinski definition) is 2. The maximum Gasteiger partial charge on any atom is 0.120 e. The summed E-state index contributed by atoms with van der Waals surface area (Å²) in [7, 11) is 0. The van der Waals surface area contributed by atoms with Gasteiger partial charge < -0.3 is 10.3 Å². The van der Waals surface area contributed by atoms with E-state index >= 15 is 0 Å². The smallest absolute Gasteiger partial charge is 0.120 e. The summed E-state index contributed by atoms with van der Waals surface area (Å²) in [5.41, 5.74) is 2.74. The predicted molar refractivity (Wildman–Crippen MR) is 74.3 cm³/mol. The van der Waals surface area contributed by atoms with Gasteiger partial charge in [0.2, 0.25) is 0 Å². The van der Waals surface area contributed by atoms with E-state index in [2.05, 4.69) is 53.4 Å².